The normalized spacial score (nSPS) is 12.4. The van der Waals surface area contributed by atoms with Gasteiger partial charge in [0, 0.05) is 9.13 Å². The molecule has 112 valence electrons. The molecule has 0 heterocycles. The van der Waals surface area contributed by atoms with Gasteiger partial charge in [-0.2, -0.15) is 0 Å². The average molecular weight is 401 g/mol. The second-order valence-electron chi connectivity index (χ2n) is 5.04. The van der Waals surface area contributed by atoms with Crippen LogP contribution in [-0.2, 0) is 0 Å². The summed E-state index contributed by atoms with van der Waals surface area (Å²) < 4.78 is 29.2. The lowest BCUT2D eigenvalue weighted by Crippen LogP contribution is -2.24. The predicted octanol–water partition coefficient (Wildman–Crippen LogP) is 4.97. The van der Waals surface area contributed by atoms with Gasteiger partial charge in [-0.25, -0.2) is 8.78 Å². The molecule has 0 radical (unpaired) electrons. The Morgan fingerprint density at radius 3 is 2.57 bits per heavy atom. The lowest BCUT2D eigenvalue weighted by Gasteiger charge is -2.21. The maximum absolute atomic E-state index is 14.3. The van der Waals surface area contributed by atoms with E-state index in [1.54, 1.807) is 19.1 Å². The SMILES string of the molecule is CCCNC(c1cccc(I)c1)c1ccc(C)c(F)c1F. The molecule has 1 nitrogen and oxygen atoms in total. The highest BCUT2D eigenvalue weighted by Gasteiger charge is 2.20. The third-order valence-electron chi connectivity index (χ3n) is 3.40. The highest BCUT2D eigenvalue weighted by atomic mass is 127. The first-order valence-electron chi connectivity index (χ1n) is 6.98. The average Bonchev–Trinajstić information content (AvgIpc) is 2.47. The van der Waals surface area contributed by atoms with Crippen molar-refractivity contribution in [2.45, 2.75) is 26.3 Å². The van der Waals surface area contributed by atoms with Gasteiger partial charge in [0.1, 0.15) is 0 Å². The molecule has 1 N–H and O–H groups in total. The van der Waals surface area contributed by atoms with E-state index in [9.17, 15) is 8.78 Å². The molecule has 0 spiro atoms. The number of nitrogens with one attached hydrogen (secondary N) is 1. The first-order chi connectivity index (χ1) is 10.0. The monoisotopic (exact) mass is 401 g/mol. The van der Waals surface area contributed by atoms with Crippen LogP contribution in [0.5, 0.6) is 0 Å². The summed E-state index contributed by atoms with van der Waals surface area (Å²) in [5.74, 6) is -1.52. The summed E-state index contributed by atoms with van der Waals surface area (Å²) in [5, 5.41) is 3.31. The fourth-order valence-electron chi connectivity index (χ4n) is 2.27. The molecule has 4 heteroatoms. The van der Waals surface area contributed by atoms with Gasteiger partial charge in [0.05, 0.1) is 6.04 Å². The molecule has 0 aliphatic rings. The molecule has 2 rings (SSSR count). The standard InChI is InChI=1S/C17H18F2IN/c1-3-9-21-17(12-5-4-6-13(20)10-12)14-8-7-11(2)15(18)16(14)19/h4-8,10,17,21H,3,9H2,1-2H3. The van der Waals surface area contributed by atoms with E-state index in [0.29, 0.717) is 11.1 Å². The quantitative estimate of drug-likeness (QED) is 0.698. The van der Waals surface area contributed by atoms with E-state index in [0.717, 1.165) is 22.1 Å². The van der Waals surface area contributed by atoms with Gasteiger partial charge >= 0.3 is 0 Å². The third kappa shape index (κ3) is 3.80. The topological polar surface area (TPSA) is 12.0 Å². The van der Waals surface area contributed by atoms with Crippen LogP contribution in [-0.4, -0.2) is 6.54 Å². The second-order valence-corrected chi connectivity index (χ2v) is 6.29. The summed E-state index contributed by atoms with van der Waals surface area (Å²) in [6.07, 6.45) is 0.927. The molecule has 0 aliphatic heterocycles. The van der Waals surface area contributed by atoms with Crippen molar-refractivity contribution in [1.29, 1.82) is 0 Å². The molecule has 1 atom stereocenters. The van der Waals surface area contributed by atoms with Crippen LogP contribution in [0, 0.1) is 22.1 Å². The molecule has 0 aromatic heterocycles. The van der Waals surface area contributed by atoms with Crippen LogP contribution >= 0.6 is 22.6 Å². The Morgan fingerprint density at radius 1 is 1.14 bits per heavy atom. The Hall–Kier alpha value is -1.01. The van der Waals surface area contributed by atoms with Crippen molar-refractivity contribution in [2.75, 3.05) is 6.54 Å². The van der Waals surface area contributed by atoms with Gasteiger partial charge in [0.15, 0.2) is 11.6 Å². The van der Waals surface area contributed by atoms with Crippen LogP contribution < -0.4 is 5.32 Å². The van der Waals surface area contributed by atoms with E-state index in [1.807, 2.05) is 31.2 Å². The molecular formula is C17H18F2IN. The minimum atomic E-state index is -0.763. The first kappa shape index (κ1) is 16.4. The van der Waals surface area contributed by atoms with Gasteiger partial charge in [-0.05, 0) is 65.7 Å². The minimum absolute atomic E-state index is 0.327. The maximum atomic E-state index is 14.3. The summed E-state index contributed by atoms with van der Waals surface area (Å²) in [7, 11) is 0. The lowest BCUT2D eigenvalue weighted by atomic mass is 9.96. The Morgan fingerprint density at radius 2 is 1.90 bits per heavy atom. The summed E-state index contributed by atoms with van der Waals surface area (Å²) in [4.78, 5) is 0. The second kappa shape index (κ2) is 7.31. The highest BCUT2D eigenvalue weighted by molar-refractivity contribution is 14.1. The van der Waals surface area contributed by atoms with Gasteiger partial charge < -0.3 is 5.32 Å². The number of rotatable bonds is 5. The van der Waals surface area contributed by atoms with Crippen molar-refractivity contribution >= 4 is 22.6 Å². The smallest absolute Gasteiger partial charge is 0.164 e. The molecule has 0 aliphatic carbocycles. The Kier molecular flexibility index (Phi) is 5.70. The highest BCUT2D eigenvalue weighted by Crippen LogP contribution is 2.28. The molecular weight excluding hydrogens is 383 g/mol. The fraction of sp³-hybridized carbons (Fsp3) is 0.294. The summed E-state index contributed by atoms with van der Waals surface area (Å²) >= 11 is 2.22. The Labute approximate surface area is 137 Å². The van der Waals surface area contributed by atoms with Crippen molar-refractivity contribution in [2.24, 2.45) is 0 Å². The van der Waals surface area contributed by atoms with Crippen molar-refractivity contribution < 1.29 is 8.78 Å². The summed E-state index contributed by atoms with van der Waals surface area (Å²) in [6, 6.07) is 10.8. The molecule has 0 saturated heterocycles. The van der Waals surface area contributed by atoms with E-state index in [-0.39, 0.29) is 6.04 Å². The number of aryl methyl sites for hydroxylation is 1. The third-order valence-corrected chi connectivity index (χ3v) is 4.07. The minimum Gasteiger partial charge on any atom is -0.306 e. The molecule has 2 aromatic rings. The predicted molar refractivity (Wildman–Crippen MR) is 90.4 cm³/mol. The first-order valence-corrected chi connectivity index (χ1v) is 8.05. The van der Waals surface area contributed by atoms with Crippen LogP contribution in [0.4, 0.5) is 8.78 Å². The zero-order valence-corrected chi connectivity index (χ0v) is 14.2. The molecule has 0 amide bonds. The van der Waals surface area contributed by atoms with Gasteiger partial charge in [0.25, 0.3) is 0 Å². The van der Waals surface area contributed by atoms with Crippen molar-refractivity contribution in [1.82, 2.24) is 5.32 Å². The molecule has 2 aromatic carbocycles. The van der Waals surface area contributed by atoms with E-state index < -0.39 is 11.6 Å². The van der Waals surface area contributed by atoms with Gasteiger partial charge in [-0.15, -0.1) is 0 Å². The zero-order chi connectivity index (χ0) is 15.4. The number of halogens is 3. The number of benzene rings is 2. The van der Waals surface area contributed by atoms with Crippen LogP contribution in [0.3, 0.4) is 0 Å². The van der Waals surface area contributed by atoms with E-state index in [1.165, 1.54) is 0 Å². The fourth-order valence-corrected chi connectivity index (χ4v) is 2.83. The van der Waals surface area contributed by atoms with Crippen LogP contribution in [0.15, 0.2) is 36.4 Å². The van der Waals surface area contributed by atoms with Gasteiger partial charge in [0.2, 0.25) is 0 Å². The van der Waals surface area contributed by atoms with E-state index in [2.05, 4.69) is 27.9 Å². The molecule has 0 bridgehead atoms. The molecule has 21 heavy (non-hydrogen) atoms. The van der Waals surface area contributed by atoms with Crippen molar-refractivity contribution in [3.05, 3.63) is 68.3 Å². The van der Waals surface area contributed by atoms with Crippen LogP contribution in [0.2, 0.25) is 0 Å². The van der Waals surface area contributed by atoms with Crippen LogP contribution in [0.25, 0.3) is 0 Å². The molecule has 1 unspecified atom stereocenters. The van der Waals surface area contributed by atoms with E-state index >= 15 is 0 Å². The molecule has 0 saturated carbocycles. The van der Waals surface area contributed by atoms with Crippen molar-refractivity contribution in [3.8, 4) is 0 Å². The van der Waals surface area contributed by atoms with Crippen LogP contribution in [0.1, 0.15) is 36.1 Å². The number of hydrogen-bond acceptors (Lipinski definition) is 1. The van der Waals surface area contributed by atoms with Gasteiger partial charge in [-0.1, -0.05) is 31.2 Å². The van der Waals surface area contributed by atoms with Gasteiger partial charge in [-0.3, -0.25) is 0 Å². The largest absolute Gasteiger partial charge is 0.306 e. The number of hydrogen-bond donors (Lipinski definition) is 1. The Balaban J connectivity index is 2.48. The zero-order valence-electron chi connectivity index (χ0n) is 12.1. The Bertz CT molecular complexity index is 628. The summed E-state index contributed by atoms with van der Waals surface area (Å²) in [6.45, 7) is 4.36. The van der Waals surface area contributed by atoms with E-state index in [4.69, 9.17) is 0 Å². The summed E-state index contributed by atoms with van der Waals surface area (Å²) in [5.41, 5.74) is 1.62. The maximum Gasteiger partial charge on any atom is 0.164 e. The van der Waals surface area contributed by atoms with Crippen molar-refractivity contribution in [3.63, 3.8) is 0 Å². The molecule has 0 fully saturated rings. The lowest BCUT2D eigenvalue weighted by molar-refractivity contribution is 0.476.